The summed E-state index contributed by atoms with van der Waals surface area (Å²) in [6, 6.07) is 6.01. The van der Waals surface area contributed by atoms with Gasteiger partial charge in [-0.2, -0.15) is 0 Å². The van der Waals surface area contributed by atoms with E-state index in [1.165, 1.54) is 6.07 Å². The van der Waals surface area contributed by atoms with E-state index in [0.717, 1.165) is 18.8 Å². The molecular weight excluding hydrogens is 352 g/mol. The molecule has 0 spiro atoms. The monoisotopic (exact) mass is 377 g/mol. The number of hydrogen-bond donors (Lipinski definition) is 2. The number of aliphatic carboxylic acids is 1. The maximum atomic E-state index is 11.9. The van der Waals surface area contributed by atoms with Crippen molar-refractivity contribution in [1.29, 1.82) is 0 Å². The molecule has 1 heterocycles. The third kappa shape index (κ3) is 5.30. The Labute approximate surface area is 156 Å². The molecule has 0 aliphatic carbocycles. The van der Waals surface area contributed by atoms with E-state index in [4.69, 9.17) is 14.3 Å². The molecule has 0 aliphatic heterocycles. The van der Waals surface area contributed by atoms with Crippen LogP contribution in [0.1, 0.15) is 32.3 Å². The molecule has 0 bridgehead atoms. The van der Waals surface area contributed by atoms with Gasteiger partial charge in [0.15, 0.2) is 6.04 Å². The third-order valence-electron chi connectivity index (χ3n) is 4.38. The van der Waals surface area contributed by atoms with Crippen LogP contribution < -0.4 is 16.3 Å². The fourth-order valence-corrected chi connectivity index (χ4v) is 2.77. The van der Waals surface area contributed by atoms with Crippen LogP contribution in [-0.4, -0.2) is 36.2 Å². The molecule has 27 heavy (non-hydrogen) atoms. The second kappa shape index (κ2) is 9.18. The molecule has 8 heteroatoms. The third-order valence-corrected chi connectivity index (χ3v) is 4.38. The van der Waals surface area contributed by atoms with Crippen molar-refractivity contribution in [3.05, 3.63) is 40.2 Å². The lowest BCUT2D eigenvalue weighted by atomic mass is 10.1. The number of nitrogens with zero attached hydrogens (tertiary/aromatic N) is 1. The van der Waals surface area contributed by atoms with Gasteiger partial charge < -0.3 is 24.9 Å². The summed E-state index contributed by atoms with van der Waals surface area (Å²) >= 11 is 0. The first-order chi connectivity index (χ1) is 12.8. The Bertz CT molecular complexity index is 872. The van der Waals surface area contributed by atoms with Crippen molar-refractivity contribution < 1.29 is 29.6 Å². The Kier molecular flexibility index (Phi) is 6.95. The number of benzene rings is 1. The topological polar surface area (TPSA) is 125 Å². The quantitative estimate of drug-likeness (QED) is 0.496. The van der Waals surface area contributed by atoms with Crippen LogP contribution in [-0.2, 0) is 20.9 Å². The number of ether oxygens (including phenoxy) is 1. The molecular formula is C19H25N2O6+. The molecule has 0 amide bonds. The first-order valence-corrected chi connectivity index (χ1v) is 8.88. The Morgan fingerprint density at radius 2 is 1.96 bits per heavy atom. The van der Waals surface area contributed by atoms with Crippen LogP contribution in [0.25, 0.3) is 11.0 Å². The highest BCUT2D eigenvalue weighted by molar-refractivity contribution is 5.84. The van der Waals surface area contributed by atoms with Gasteiger partial charge in [0.05, 0.1) is 6.42 Å². The number of carbonyl (C=O) groups is 2. The van der Waals surface area contributed by atoms with Crippen LogP contribution >= 0.6 is 0 Å². The summed E-state index contributed by atoms with van der Waals surface area (Å²) in [6.07, 6.45) is 0.0466. The molecule has 0 fully saturated rings. The Morgan fingerprint density at radius 3 is 2.59 bits per heavy atom. The highest BCUT2D eigenvalue weighted by Crippen LogP contribution is 2.24. The number of carboxylic acid groups (broad SMARTS) is 1. The zero-order valence-corrected chi connectivity index (χ0v) is 15.6. The number of carbonyl (C=O) groups excluding carboxylic acids is 1. The molecule has 0 saturated carbocycles. The predicted octanol–water partition coefficient (Wildman–Crippen LogP) is 1.16. The lowest BCUT2D eigenvalue weighted by Gasteiger charge is -2.21. The standard InChI is InChI=1S/C19H24N2O6/c1-3-21(4-2)13-5-6-14-12(9-18(23)27-16(14)10-13)11-26-17(22)8-7-15(20)19(24)25/h5-6,9-10,15H,3-4,7-8,11,20H2,1-2H3,(H,24,25)/p+1. The zero-order chi connectivity index (χ0) is 20.0. The van der Waals surface area contributed by atoms with Crippen LogP contribution in [0, 0.1) is 0 Å². The molecule has 1 aromatic heterocycles. The lowest BCUT2D eigenvalue weighted by Crippen LogP contribution is -2.64. The summed E-state index contributed by atoms with van der Waals surface area (Å²) in [5, 5.41) is 9.48. The summed E-state index contributed by atoms with van der Waals surface area (Å²) in [7, 11) is 0. The van der Waals surface area contributed by atoms with Crippen molar-refractivity contribution in [2.24, 2.45) is 0 Å². The Hall–Kier alpha value is -2.87. The maximum absolute atomic E-state index is 11.9. The van der Waals surface area contributed by atoms with Gasteiger partial charge in [-0.15, -0.1) is 0 Å². The first-order valence-electron chi connectivity index (χ1n) is 8.88. The molecule has 2 aromatic rings. The second-order valence-corrected chi connectivity index (χ2v) is 6.18. The minimum atomic E-state index is -1.06. The van der Waals surface area contributed by atoms with Crippen molar-refractivity contribution in [3.63, 3.8) is 0 Å². The van der Waals surface area contributed by atoms with E-state index in [9.17, 15) is 14.4 Å². The number of esters is 1. The fraction of sp³-hybridized carbons (Fsp3) is 0.421. The van der Waals surface area contributed by atoms with E-state index in [2.05, 4.69) is 10.6 Å². The Balaban J connectivity index is 2.15. The number of anilines is 1. The average molecular weight is 377 g/mol. The van der Waals surface area contributed by atoms with Crippen molar-refractivity contribution in [2.45, 2.75) is 39.3 Å². The first kappa shape index (κ1) is 20.4. The van der Waals surface area contributed by atoms with E-state index >= 15 is 0 Å². The van der Waals surface area contributed by atoms with Crippen LogP contribution in [0.3, 0.4) is 0 Å². The number of quaternary nitrogens is 1. The van der Waals surface area contributed by atoms with Gasteiger partial charge in [0.2, 0.25) is 0 Å². The second-order valence-electron chi connectivity index (χ2n) is 6.18. The van der Waals surface area contributed by atoms with Crippen LogP contribution in [0.4, 0.5) is 5.69 Å². The molecule has 0 aliphatic rings. The number of hydrogen-bond acceptors (Lipinski definition) is 6. The van der Waals surface area contributed by atoms with Crippen molar-refractivity contribution in [2.75, 3.05) is 18.0 Å². The summed E-state index contributed by atoms with van der Waals surface area (Å²) < 4.78 is 10.5. The molecule has 8 nitrogen and oxygen atoms in total. The Morgan fingerprint density at radius 1 is 1.26 bits per heavy atom. The smallest absolute Gasteiger partial charge is 0.362 e. The van der Waals surface area contributed by atoms with Crippen molar-refractivity contribution >= 4 is 28.6 Å². The molecule has 4 N–H and O–H groups in total. The minimum absolute atomic E-state index is 0.0497. The highest BCUT2D eigenvalue weighted by Gasteiger charge is 2.18. The molecule has 1 unspecified atom stereocenters. The SMILES string of the molecule is CCN(CC)c1ccc2c(COC(=O)CCC([NH3+])C(=O)O)cc(=O)oc2c1. The van der Waals surface area contributed by atoms with Gasteiger partial charge in [-0.05, 0) is 26.0 Å². The van der Waals surface area contributed by atoms with Crippen molar-refractivity contribution in [3.8, 4) is 0 Å². The van der Waals surface area contributed by atoms with Gasteiger partial charge in [0.1, 0.15) is 12.2 Å². The summed E-state index contributed by atoms with van der Waals surface area (Å²) in [4.78, 5) is 36.6. The van der Waals surface area contributed by atoms with E-state index in [0.29, 0.717) is 16.5 Å². The van der Waals surface area contributed by atoms with Gasteiger partial charge in [0, 0.05) is 48.3 Å². The van der Waals surface area contributed by atoms with Crippen molar-refractivity contribution in [1.82, 2.24) is 0 Å². The number of rotatable bonds is 9. The minimum Gasteiger partial charge on any atom is -0.477 e. The van der Waals surface area contributed by atoms with E-state index < -0.39 is 23.6 Å². The van der Waals surface area contributed by atoms with Crippen LogP contribution in [0.2, 0.25) is 0 Å². The van der Waals surface area contributed by atoms with E-state index in [1.807, 2.05) is 26.0 Å². The summed E-state index contributed by atoms with van der Waals surface area (Å²) in [5.41, 5.74) is 4.86. The van der Waals surface area contributed by atoms with E-state index in [1.54, 1.807) is 6.07 Å². The fourth-order valence-electron chi connectivity index (χ4n) is 2.77. The van der Waals surface area contributed by atoms with Gasteiger partial charge in [-0.3, -0.25) is 4.79 Å². The number of fused-ring (bicyclic) bond motifs is 1. The summed E-state index contributed by atoms with van der Waals surface area (Å²) in [5.74, 6) is -1.59. The van der Waals surface area contributed by atoms with E-state index in [-0.39, 0.29) is 19.4 Å². The molecule has 0 saturated heterocycles. The lowest BCUT2D eigenvalue weighted by molar-refractivity contribution is -0.408. The zero-order valence-electron chi connectivity index (χ0n) is 15.6. The van der Waals surface area contributed by atoms with Crippen LogP contribution in [0.15, 0.2) is 33.5 Å². The van der Waals surface area contributed by atoms with Crippen LogP contribution in [0.5, 0.6) is 0 Å². The van der Waals surface area contributed by atoms with Gasteiger partial charge in [-0.1, -0.05) is 0 Å². The number of carboxylic acids is 1. The molecule has 0 radical (unpaired) electrons. The molecule has 1 atom stereocenters. The average Bonchev–Trinajstić information content (AvgIpc) is 2.64. The van der Waals surface area contributed by atoms with Gasteiger partial charge >= 0.3 is 17.6 Å². The maximum Gasteiger partial charge on any atom is 0.362 e. The molecule has 2 rings (SSSR count). The molecule has 1 aromatic carbocycles. The normalized spacial score (nSPS) is 12.0. The largest absolute Gasteiger partial charge is 0.477 e. The predicted molar refractivity (Wildman–Crippen MR) is 99.4 cm³/mol. The molecule has 146 valence electrons. The summed E-state index contributed by atoms with van der Waals surface area (Å²) in [6.45, 7) is 5.65. The van der Waals surface area contributed by atoms with Gasteiger partial charge in [0.25, 0.3) is 0 Å². The highest BCUT2D eigenvalue weighted by atomic mass is 16.5. The van der Waals surface area contributed by atoms with Gasteiger partial charge in [-0.25, -0.2) is 9.59 Å².